The minimum absolute atomic E-state index is 0.360. The summed E-state index contributed by atoms with van der Waals surface area (Å²) in [5.74, 6) is -2.10. The lowest BCUT2D eigenvalue weighted by atomic mass is 10.2. The Morgan fingerprint density at radius 1 is 1.30 bits per heavy atom. The van der Waals surface area contributed by atoms with Gasteiger partial charge in [-0.1, -0.05) is 18.2 Å². The third kappa shape index (κ3) is 4.27. The number of carbonyl (C=O) groups is 3. The summed E-state index contributed by atoms with van der Waals surface area (Å²) >= 11 is 0. The second-order valence-corrected chi connectivity index (χ2v) is 4.09. The zero-order chi connectivity index (χ0) is 15.1. The monoisotopic (exact) mass is 279 g/mol. The Balaban J connectivity index is 2.81. The van der Waals surface area contributed by atoms with Crippen LogP contribution in [0.1, 0.15) is 13.3 Å². The largest absolute Gasteiger partial charge is 0.480 e. The van der Waals surface area contributed by atoms with Crippen LogP contribution in [0.5, 0.6) is 0 Å². The lowest BCUT2D eigenvalue weighted by molar-refractivity contribution is -0.140. The zero-order valence-corrected chi connectivity index (χ0v) is 11.1. The first-order valence-electron chi connectivity index (χ1n) is 6.10. The Bertz CT molecular complexity index is 490. The lowest BCUT2D eigenvalue weighted by Crippen LogP contribution is -2.49. The highest BCUT2D eigenvalue weighted by Crippen LogP contribution is 2.13. The number of hydrogen-bond donors (Lipinski definition) is 3. The first-order chi connectivity index (χ1) is 9.45. The molecule has 0 aliphatic rings. The molecule has 1 rings (SSSR count). The molecule has 0 aliphatic carbocycles. The number of para-hydroxylation sites is 1. The summed E-state index contributed by atoms with van der Waals surface area (Å²) in [6, 6.07) is 6.87. The second kappa shape index (κ2) is 7.13. The number of carbonyl (C=O) groups excluding carboxylic acids is 2. The number of benzene rings is 1. The van der Waals surface area contributed by atoms with E-state index in [4.69, 9.17) is 10.8 Å². The first kappa shape index (κ1) is 15.5. The molecule has 1 atom stereocenters. The number of rotatable bonds is 6. The van der Waals surface area contributed by atoms with E-state index in [1.54, 1.807) is 31.2 Å². The molecule has 1 aromatic rings. The third-order valence-electron chi connectivity index (χ3n) is 2.63. The van der Waals surface area contributed by atoms with Crippen LogP contribution in [0.2, 0.25) is 0 Å². The Morgan fingerprint density at radius 2 is 1.90 bits per heavy atom. The number of carboxylic acid groups (broad SMARTS) is 1. The highest BCUT2D eigenvalue weighted by molar-refractivity contribution is 5.95. The fourth-order valence-corrected chi connectivity index (χ4v) is 1.68. The van der Waals surface area contributed by atoms with Crippen LogP contribution in [-0.2, 0) is 9.59 Å². The van der Waals surface area contributed by atoms with E-state index in [1.807, 2.05) is 6.07 Å². The molecule has 0 aromatic heterocycles. The smallest absolute Gasteiger partial charge is 0.326 e. The summed E-state index contributed by atoms with van der Waals surface area (Å²) in [6.07, 6.45) is -0.451. The normalized spacial score (nSPS) is 11.4. The Hall–Kier alpha value is -2.57. The van der Waals surface area contributed by atoms with Crippen LogP contribution < -0.4 is 16.0 Å². The summed E-state index contributed by atoms with van der Waals surface area (Å²) in [5.41, 5.74) is 5.59. The number of anilines is 1. The maximum atomic E-state index is 12.1. The summed E-state index contributed by atoms with van der Waals surface area (Å²) < 4.78 is 0. The minimum Gasteiger partial charge on any atom is -0.480 e. The van der Waals surface area contributed by atoms with Crippen LogP contribution in [0.4, 0.5) is 10.5 Å². The molecule has 0 radical (unpaired) electrons. The Kier molecular flexibility index (Phi) is 5.52. The third-order valence-corrected chi connectivity index (χ3v) is 2.63. The molecule has 108 valence electrons. The van der Waals surface area contributed by atoms with E-state index in [-0.39, 0.29) is 0 Å². The van der Waals surface area contributed by atoms with E-state index in [9.17, 15) is 14.4 Å². The molecule has 0 spiro atoms. The summed E-state index contributed by atoms with van der Waals surface area (Å²) in [7, 11) is 0. The van der Waals surface area contributed by atoms with Crippen molar-refractivity contribution >= 4 is 23.6 Å². The van der Waals surface area contributed by atoms with Crippen LogP contribution in [0, 0.1) is 0 Å². The molecule has 20 heavy (non-hydrogen) atoms. The van der Waals surface area contributed by atoms with E-state index in [0.29, 0.717) is 12.2 Å². The predicted molar refractivity (Wildman–Crippen MR) is 73.2 cm³/mol. The van der Waals surface area contributed by atoms with E-state index >= 15 is 0 Å². The van der Waals surface area contributed by atoms with Crippen LogP contribution in [0.15, 0.2) is 30.3 Å². The number of aliphatic carboxylic acids is 1. The number of primary amides is 1. The van der Waals surface area contributed by atoms with Crippen molar-refractivity contribution in [2.75, 3.05) is 11.4 Å². The average molecular weight is 279 g/mol. The van der Waals surface area contributed by atoms with Crippen molar-refractivity contribution in [1.82, 2.24) is 5.32 Å². The Labute approximate surface area is 116 Å². The van der Waals surface area contributed by atoms with Crippen molar-refractivity contribution in [2.45, 2.75) is 19.4 Å². The lowest BCUT2D eigenvalue weighted by Gasteiger charge is -2.23. The number of urea groups is 1. The topological polar surface area (TPSA) is 113 Å². The number of carboxylic acids is 1. The van der Waals surface area contributed by atoms with Gasteiger partial charge in [0.15, 0.2) is 0 Å². The van der Waals surface area contributed by atoms with Gasteiger partial charge in [-0.3, -0.25) is 9.69 Å². The van der Waals surface area contributed by atoms with Crippen molar-refractivity contribution in [3.8, 4) is 0 Å². The van der Waals surface area contributed by atoms with Crippen LogP contribution in [0.25, 0.3) is 0 Å². The molecule has 1 aromatic carbocycles. The number of nitrogens with zero attached hydrogens (tertiary/aromatic N) is 1. The van der Waals surface area contributed by atoms with Gasteiger partial charge in [-0.05, 0) is 19.1 Å². The average Bonchev–Trinajstić information content (AvgIpc) is 2.39. The summed E-state index contributed by atoms with van der Waals surface area (Å²) in [6.45, 7) is 2.12. The van der Waals surface area contributed by atoms with Crippen molar-refractivity contribution in [3.05, 3.63) is 30.3 Å². The molecule has 0 unspecified atom stereocenters. The quantitative estimate of drug-likeness (QED) is 0.705. The molecule has 0 heterocycles. The second-order valence-electron chi connectivity index (χ2n) is 4.09. The van der Waals surface area contributed by atoms with E-state index in [0.717, 1.165) is 0 Å². The molecular formula is C13H17N3O4. The van der Waals surface area contributed by atoms with Crippen molar-refractivity contribution in [1.29, 1.82) is 0 Å². The van der Waals surface area contributed by atoms with Gasteiger partial charge in [0, 0.05) is 12.2 Å². The molecule has 7 nitrogen and oxygen atoms in total. The molecule has 0 bridgehead atoms. The standard InChI is InChI=1S/C13H17N3O4/c1-2-16(9-6-4-3-5-7-9)13(20)15-10(12(18)19)8-11(14)17/h3-7,10H,2,8H2,1H3,(H2,14,17)(H,15,20)(H,18,19)/t10-/m0/s1. The van der Waals surface area contributed by atoms with Gasteiger partial charge in [-0.2, -0.15) is 0 Å². The molecule has 0 saturated heterocycles. The number of amides is 3. The van der Waals surface area contributed by atoms with E-state index < -0.39 is 30.4 Å². The maximum absolute atomic E-state index is 12.1. The molecule has 0 fully saturated rings. The van der Waals surface area contributed by atoms with Crippen molar-refractivity contribution in [2.24, 2.45) is 5.73 Å². The summed E-state index contributed by atoms with van der Waals surface area (Å²) in [4.78, 5) is 35.2. The van der Waals surface area contributed by atoms with Crippen LogP contribution in [-0.4, -0.2) is 35.6 Å². The fraction of sp³-hybridized carbons (Fsp3) is 0.308. The maximum Gasteiger partial charge on any atom is 0.326 e. The van der Waals surface area contributed by atoms with E-state index in [2.05, 4.69) is 5.32 Å². The first-order valence-corrected chi connectivity index (χ1v) is 6.10. The minimum atomic E-state index is -1.34. The molecule has 7 heteroatoms. The SMILES string of the molecule is CCN(C(=O)N[C@@H](CC(N)=O)C(=O)O)c1ccccc1. The van der Waals surface area contributed by atoms with Gasteiger partial charge in [0.2, 0.25) is 5.91 Å². The van der Waals surface area contributed by atoms with Gasteiger partial charge in [-0.15, -0.1) is 0 Å². The van der Waals surface area contributed by atoms with Crippen LogP contribution in [0.3, 0.4) is 0 Å². The van der Waals surface area contributed by atoms with Gasteiger partial charge in [-0.25, -0.2) is 9.59 Å². The van der Waals surface area contributed by atoms with Crippen LogP contribution >= 0.6 is 0 Å². The number of nitrogens with two attached hydrogens (primary N) is 1. The van der Waals surface area contributed by atoms with Crippen molar-refractivity contribution < 1.29 is 19.5 Å². The van der Waals surface area contributed by atoms with Crippen molar-refractivity contribution in [3.63, 3.8) is 0 Å². The molecule has 0 aliphatic heterocycles. The molecule has 4 N–H and O–H groups in total. The predicted octanol–water partition coefficient (Wildman–Crippen LogP) is 0.551. The van der Waals surface area contributed by atoms with Gasteiger partial charge < -0.3 is 16.2 Å². The molecular weight excluding hydrogens is 262 g/mol. The number of nitrogens with one attached hydrogen (secondary N) is 1. The zero-order valence-electron chi connectivity index (χ0n) is 11.1. The fourth-order valence-electron chi connectivity index (χ4n) is 1.68. The summed E-state index contributed by atoms with van der Waals surface area (Å²) in [5, 5.41) is 11.2. The van der Waals surface area contributed by atoms with Gasteiger partial charge in [0.05, 0.1) is 6.42 Å². The number of hydrogen-bond acceptors (Lipinski definition) is 3. The molecule has 0 saturated carbocycles. The van der Waals surface area contributed by atoms with Gasteiger partial charge in [0.25, 0.3) is 0 Å². The van der Waals surface area contributed by atoms with E-state index in [1.165, 1.54) is 4.90 Å². The van der Waals surface area contributed by atoms with Gasteiger partial charge in [0.1, 0.15) is 6.04 Å². The highest BCUT2D eigenvalue weighted by atomic mass is 16.4. The highest BCUT2D eigenvalue weighted by Gasteiger charge is 2.24. The Morgan fingerprint density at radius 3 is 2.35 bits per heavy atom. The van der Waals surface area contributed by atoms with Gasteiger partial charge >= 0.3 is 12.0 Å². The molecule has 3 amide bonds.